The number of aromatic nitrogens is 2. The van der Waals surface area contributed by atoms with E-state index in [0.717, 1.165) is 31.9 Å². The number of rotatable bonds is 1. The number of nitrogens with zero attached hydrogens (tertiary/aromatic N) is 3. The smallest absolute Gasteiger partial charge is 0.157 e. The number of hydrogen-bond donors (Lipinski definition) is 1. The lowest BCUT2D eigenvalue weighted by atomic mass is 10.3. The van der Waals surface area contributed by atoms with Gasteiger partial charge in [0.2, 0.25) is 0 Å². The van der Waals surface area contributed by atoms with Crippen molar-refractivity contribution in [3.8, 4) is 0 Å². The number of piperazine rings is 1. The van der Waals surface area contributed by atoms with Crippen LogP contribution in [0.5, 0.6) is 0 Å². The van der Waals surface area contributed by atoms with Gasteiger partial charge in [-0.15, -0.1) is 0 Å². The van der Waals surface area contributed by atoms with Gasteiger partial charge in [0, 0.05) is 26.2 Å². The fourth-order valence-electron chi connectivity index (χ4n) is 1.49. The molecule has 0 bridgehead atoms. The maximum Gasteiger partial charge on any atom is 0.157 e. The average molecular weight is 233 g/mol. The third-order valence-corrected chi connectivity index (χ3v) is 2.72. The van der Waals surface area contributed by atoms with Crippen LogP contribution in [0.4, 0.5) is 5.69 Å². The zero-order chi connectivity index (χ0) is 9.97. The molecule has 1 saturated heterocycles. The molecule has 76 valence electrons. The quantitative estimate of drug-likeness (QED) is 0.740. The lowest BCUT2D eigenvalue weighted by molar-refractivity contribution is 0.588. The molecule has 0 saturated carbocycles. The molecule has 1 aliphatic rings. The Morgan fingerprint density at radius 3 is 2.29 bits per heavy atom. The highest BCUT2D eigenvalue weighted by atomic mass is 35.5. The predicted molar refractivity (Wildman–Crippen MR) is 57.1 cm³/mol. The summed E-state index contributed by atoms with van der Waals surface area (Å²) in [6.45, 7) is 3.63. The Morgan fingerprint density at radius 1 is 1.14 bits per heavy atom. The first-order valence-corrected chi connectivity index (χ1v) is 5.16. The third-order valence-electron chi connectivity index (χ3n) is 2.17. The van der Waals surface area contributed by atoms with Crippen LogP contribution in [0.1, 0.15) is 0 Å². The van der Waals surface area contributed by atoms with E-state index in [9.17, 15) is 0 Å². The van der Waals surface area contributed by atoms with Gasteiger partial charge in [0.05, 0.1) is 0 Å². The number of halogens is 2. The molecular formula is C8H10Cl2N4. The van der Waals surface area contributed by atoms with Gasteiger partial charge in [-0.05, 0) is 0 Å². The summed E-state index contributed by atoms with van der Waals surface area (Å²) in [4.78, 5) is 9.94. The second-order valence-electron chi connectivity index (χ2n) is 3.04. The van der Waals surface area contributed by atoms with E-state index in [0.29, 0.717) is 10.3 Å². The van der Waals surface area contributed by atoms with Gasteiger partial charge in [0.1, 0.15) is 12.0 Å². The number of anilines is 1. The number of hydrogen-bond acceptors (Lipinski definition) is 4. The fourth-order valence-corrected chi connectivity index (χ4v) is 2.04. The van der Waals surface area contributed by atoms with Gasteiger partial charge in [-0.3, -0.25) is 0 Å². The maximum atomic E-state index is 5.97. The summed E-state index contributed by atoms with van der Waals surface area (Å²) in [5, 5.41) is 4.10. The van der Waals surface area contributed by atoms with E-state index in [2.05, 4.69) is 20.2 Å². The minimum absolute atomic E-state index is 0.423. The Balaban J connectivity index is 2.29. The van der Waals surface area contributed by atoms with Gasteiger partial charge in [0.25, 0.3) is 0 Å². The summed E-state index contributed by atoms with van der Waals surface area (Å²) in [7, 11) is 0. The van der Waals surface area contributed by atoms with Crippen LogP contribution in [0.3, 0.4) is 0 Å². The standard InChI is InChI=1S/C8H10Cl2N4/c9-7-6(8(10)13-5-12-7)14-3-1-11-2-4-14/h5,11H,1-4H2. The van der Waals surface area contributed by atoms with Crippen molar-refractivity contribution >= 4 is 28.9 Å². The van der Waals surface area contributed by atoms with Crippen LogP contribution >= 0.6 is 23.2 Å². The molecule has 1 aromatic heterocycles. The molecule has 1 N–H and O–H groups in total. The van der Waals surface area contributed by atoms with E-state index in [1.54, 1.807) is 0 Å². The van der Waals surface area contributed by atoms with Crippen molar-refractivity contribution in [2.45, 2.75) is 0 Å². The largest absolute Gasteiger partial charge is 0.364 e. The molecule has 0 aliphatic carbocycles. The number of nitrogens with one attached hydrogen (secondary N) is 1. The lowest BCUT2D eigenvalue weighted by Crippen LogP contribution is -2.43. The van der Waals surface area contributed by atoms with E-state index >= 15 is 0 Å². The molecular weight excluding hydrogens is 223 g/mol. The normalized spacial score (nSPS) is 17.1. The average Bonchev–Trinajstić information content (AvgIpc) is 2.19. The zero-order valence-electron chi connectivity index (χ0n) is 7.50. The van der Waals surface area contributed by atoms with Gasteiger partial charge < -0.3 is 10.2 Å². The van der Waals surface area contributed by atoms with Crippen LogP contribution in [0.15, 0.2) is 6.33 Å². The van der Waals surface area contributed by atoms with E-state index in [-0.39, 0.29) is 0 Å². The Kier molecular flexibility index (Phi) is 3.05. The lowest BCUT2D eigenvalue weighted by Gasteiger charge is -2.29. The minimum atomic E-state index is 0.423. The highest BCUT2D eigenvalue weighted by molar-refractivity contribution is 6.37. The van der Waals surface area contributed by atoms with Crippen molar-refractivity contribution in [2.24, 2.45) is 0 Å². The molecule has 2 heterocycles. The van der Waals surface area contributed by atoms with Crippen molar-refractivity contribution in [3.63, 3.8) is 0 Å². The predicted octanol–water partition coefficient (Wildman–Crippen LogP) is 1.19. The van der Waals surface area contributed by atoms with E-state index in [4.69, 9.17) is 23.2 Å². The summed E-state index contributed by atoms with van der Waals surface area (Å²) < 4.78 is 0. The zero-order valence-corrected chi connectivity index (χ0v) is 9.02. The van der Waals surface area contributed by atoms with Crippen LogP contribution < -0.4 is 10.2 Å². The molecule has 0 aromatic carbocycles. The Labute approximate surface area is 92.2 Å². The minimum Gasteiger partial charge on any atom is -0.364 e. The summed E-state index contributed by atoms with van der Waals surface area (Å²) in [5.41, 5.74) is 0.748. The Bertz CT molecular complexity index is 305. The van der Waals surface area contributed by atoms with Crippen LogP contribution in [0.2, 0.25) is 10.3 Å². The Hall–Kier alpha value is -0.580. The van der Waals surface area contributed by atoms with Crippen LogP contribution in [-0.2, 0) is 0 Å². The summed E-state index contributed by atoms with van der Waals surface area (Å²) in [5.74, 6) is 0. The molecule has 1 aromatic rings. The second kappa shape index (κ2) is 4.29. The van der Waals surface area contributed by atoms with Gasteiger partial charge in [-0.1, -0.05) is 23.2 Å². The summed E-state index contributed by atoms with van der Waals surface area (Å²) >= 11 is 11.9. The van der Waals surface area contributed by atoms with Crippen molar-refractivity contribution in [3.05, 3.63) is 16.6 Å². The second-order valence-corrected chi connectivity index (χ2v) is 3.76. The molecule has 4 nitrogen and oxygen atoms in total. The van der Waals surface area contributed by atoms with Crippen LogP contribution in [-0.4, -0.2) is 36.1 Å². The molecule has 1 fully saturated rings. The molecule has 0 unspecified atom stereocenters. The van der Waals surface area contributed by atoms with Gasteiger partial charge in [0.15, 0.2) is 10.3 Å². The molecule has 14 heavy (non-hydrogen) atoms. The highest BCUT2D eigenvalue weighted by Crippen LogP contribution is 2.29. The van der Waals surface area contributed by atoms with Gasteiger partial charge in [-0.2, -0.15) is 0 Å². The Morgan fingerprint density at radius 2 is 1.71 bits per heavy atom. The molecule has 1 aliphatic heterocycles. The van der Waals surface area contributed by atoms with E-state index in [1.165, 1.54) is 6.33 Å². The van der Waals surface area contributed by atoms with Crippen molar-refractivity contribution in [1.82, 2.24) is 15.3 Å². The molecule has 2 rings (SSSR count). The van der Waals surface area contributed by atoms with Gasteiger partial charge in [-0.25, -0.2) is 9.97 Å². The summed E-state index contributed by atoms with van der Waals surface area (Å²) in [6.07, 6.45) is 1.37. The molecule has 0 spiro atoms. The van der Waals surface area contributed by atoms with E-state index < -0.39 is 0 Å². The highest BCUT2D eigenvalue weighted by Gasteiger charge is 2.17. The molecule has 0 amide bonds. The first kappa shape index (κ1) is 9.96. The SMILES string of the molecule is Clc1ncnc(Cl)c1N1CCNCC1. The monoisotopic (exact) mass is 232 g/mol. The van der Waals surface area contributed by atoms with E-state index in [1.807, 2.05) is 0 Å². The summed E-state index contributed by atoms with van der Waals surface area (Å²) in [6, 6.07) is 0. The first-order chi connectivity index (χ1) is 6.79. The van der Waals surface area contributed by atoms with Crippen molar-refractivity contribution < 1.29 is 0 Å². The molecule has 0 radical (unpaired) electrons. The maximum absolute atomic E-state index is 5.97. The van der Waals surface area contributed by atoms with Gasteiger partial charge >= 0.3 is 0 Å². The van der Waals surface area contributed by atoms with Crippen LogP contribution in [0, 0.1) is 0 Å². The first-order valence-electron chi connectivity index (χ1n) is 4.40. The molecule has 6 heteroatoms. The topological polar surface area (TPSA) is 41.1 Å². The van der Waals surface area contributed by atoms with Crippen LogP contribution in [0.25, 0.3) is 0 Å². The fraction of sp³-hybridized carbons (Fsp3) is 0.500. The third kappa shape index (κ3) is 1.92. The van der Waals surface area contributed by atoms with Crippen molar-refractivity contribution in [2.75, 3.05) is 31.1 Å². The molecule has 0 atom stereocenters. The van der Waals surface area contributed by atoms with Crippen molar-refractivity contribution in [1.29, 1.82) is 0 Å².